The van der Waals surface area contributed by atoms with Crippen LogP contribution in [0.1, 0.15) is 23.6 Å². The van der Waals surface area contributed by atoms with Crippen molar-refractivity contribution in [3.05, 3.63) is 65.5 Å². The monoisotopic (exact) mass is 346 g/mol. The van der Waals surface area contributed by atoms with Crippen molar-refractivity contribution < 1.29 is 17.9 Å². The fraction of sp³-hybridized carbons (Fsp3) is 0.235. The number of rotatable bonds is 3. The lowest BCUT2D eigenvalue weighted by Crippen LogP contribution is -2.32. The second-order valence-corrected chi connectivity index (χ2v) is 7.57. The maximum Gasteiger partial charge on any atom is 0.243 e. The van der Waals surface area contributed by atoms with Crippen molar-refractivity contribution in [2.75, 3.05) is 6.54 Å². The van der Waals surface area contributed by atoms with Crippen molar-refractivity contribution in [2.45, 2.75) is 23.5 Å². The normalized spacial score (nSPS) is 21.5. The zero-order valence-corrected chi connectivity index (χ0v) is 13.4. The number of halogens is 1. The van der Waals surface area contributed by atoms with Crippen molar-refractivity contribution in [1.29, 1.82) is 5.26 Å². The van der Waals surface area contributed by atoms with Gasteiger partial charge in [-0.1, -0.05) is 18.2 Å². The first-order valence-electron chi connectivity index (χ1n) is 7.37. The second-order valence-electron chi connectivity index (χ2n) is 5.67. The van der Waals surface area contributed by atoms with E-state index in [1.165, 1.54) is 46.8 Å². The summed E-state index contributed by atoms with van der Waals surface area (Å²) in [6, 6.07) is 12.7. The van der Waals surface area contributed by atoms with E-state index in [-0.39, 0.29) is 23.4 Å². The molecule has 2 atom stereocenters. The van der Waals surface area contributed by atoms with Crippen LogP contribution in [0.4, 0.5) is 4.39 Å². The van der Waals surface area contributed by atoms with E-state index >= 15 is 0 Å². The Morgan fingerprint density at radius 3 is 2.67 bits per heavy atom. The van der Waals surface area contributed by atoms with E-state index in [1.54, 1.807) is 6.07 Å². The van der Waals surface area contributed by atoms with Crippen LogP contribution in [-0.2, 0) is 10.0 Å². The average Bonchev–Trinajstić information content (AvgIpc) is 2.98. The van der Waals surface area contributed by atoms with Gasteiger partial charge in [-0.25, -0.2) is 12.8 Å². The van der Waals surface area contributed by atoms with Gasteiger partial charge < -0.3 is 5.11 Å². The third-order valence-electron chi connectivity index (χ3n) is 4.04. The number of nitrogens with zero attached hydrogens (tertiary/aromatic N) is 2. The van der Waals surface area contributed by atoms with Crippen LogP contribution in [0.3, 0.4) is 0 Å². The molecule has 2 unspecified atom stereocenters. The molecule has 0 aromatic heterocycles. The number of aliphatic hydroxyl groups is 1. The molecule has 24 heavy (non-hydrogen) atoms. The standard InChI is InChI=1S/C17H15FN2O3S/c18-14-5-2-4-13(8-14)17-9-15(21)11-20(17)24(22,23)16-6-1-3-12(7-16)10-19/h1-8,15,17,21H,9,11H2. The van der Waals surface area contributed by atoms with Crippen LogP contribution in [0.25, 0.3) is 0 Å². The van der Waals surface area contributed by atoms with Gasteiger partial charge in [0.25, 0.3) is 0 Å². The summed E-state index contributed by atoms with van der Waals surface area (Å²) in [4.78, 5) is -0.0166. The van der Waals surface area contributed by atoms with Gasteiger partial charge in [-0.15, -0.1) is 0 Å². The Morgan fingerprint density at radius 1 is 1.21 bits per heavy atom. The van der Waals surface area contributed by atoms with Crippen LogP contribution in [0.5, 0.6) is 0 Å². The van der Waals surface area contributed by atoms with E-state index in [0.29, 0.717) is 5.56 Å². The fourth-order valence-corrected chi connectivity index (χ4v) is 4.64. The third kappa shape index (κ3) is 3.04. The van der Waals surface area contributed by atoms with Gasteiger partial charge in [0, 0.05) is 6.54 Å². The molecule has 1 saturated heterocycles. The van der Waals surface area contributed by atoms with E-state index in [0.717, 1.165) is 0 Å². The molecule has 0 aliphatic carbocycles. The molecule has 1 aliphatic heterocycles. The second kappa shape index (κ2) is 6.32. The van der Waals surface area contributed by atoms with E-state index in [1.807, 2.05) is 6.07 Å². The summed E-state index contributed by atoms with van der Waals surface area (Å²) in [5.41, 5.74) is 0.727. The first-order chi connectivity index (χ1) is 11.4. The number of β-amino-alcohol motifs (C(OH)–C–C–N with tert-alkyl or cyclic N) is 1. The number of aliphatic hydroxyl groups excluding tert-OH is 1. The van der Waals surface area contributed by atoms with Crippen LogP contribution in [0, 0.1) is 17.1 Å². The Labute approximate surface area is 139 Å². The van der Waals surface area contributed by atoms with Gasteiger partial charge in [-0.05, 0) is 42.3 Å². The molecule has 0 spiro atoms. The summed E-state index contributed by atoms with van der Waals surface area (Å²) < 4.78 is 40.5. The summed E-state index contributed by atoms with van der Waals surface area (Å²) in [6.45, 7) is -0.0692. The predicted molar refractivity (Wildman–Crippen MR) is 84.8 cm³/mol. The molecule has 1 N–H and O–H groups in total. The molecule has 7 heteroatoms. The first kappa shape index (κ1) is 16.6. The molecule has 1 aliphatic rings. The number of nitriles is 1. The van der Waals surface area contributed by atoms with Crippen LogP contribution in [-0.4, -0.2) is 30.5 Å². The van der Waals surface area contributed by atoms with E-state index < -0.39 is 28.0 Å². The Bertz CT molecular complexity index is 908. The van der Waals surface area contributed by atoms with Gasteiger partial charge in [0.1, 0.15) is 5.82 Å². The Hall–Kier alpha value is -2.27. The lowest BCUT2D eigenvalue weighted by molar-refractivity contribution is 0.188. The van der Waals surface area contributed by atoms with Crippen molar-refractivity contribution >= 4 is 10.0 Å². The molecule has 1 fully saturated rings. The molecule has 5 nitrogen and oxygen atoms in total. The molecule has 0 radical (unpaired) electrons. The summed E-state index contributed by atoms with van der Waals surface area (Å²) >= 11 is 0. The maximum absolute atomic E-state index is 13.5. The molecule has 2 aromatic rings. The Balaban J connectivity index is 2.03. The van der Waals surface area contributed by atoms with Crippen LogP contribution in [0.15, 0.2) is 53.4 Å². The molecular weight excluding hydrogens is 331 g/mol. The van der Waals surface area contributed by atoms with Crippen LogP contribution >= 0.6 is 0 Å². The minimum absolute atomic E-state index is 0.0166. The van der Waals surface area contributed by atoms with Crippen molar-refractivity contribution in [3.63, 3.8) is 0 Å². The van der Waals surface area contributed by atoms with Crippen LogP contribution < -0.4 is 0 Å². The molecule has 0 bridgehead atoms. The van der Waals surface area contributed by atoms with Crippen molar-refractivity contribution in [3.8, 4) is 6.07 Å². The lowest BCUT2D eigenvalue weighted by Gasteiger charge is -2.24. The fourth-order valence-electron chi connectivity index (χ4n) is 2.93. The topological polar surface area (TPSA) is 81.4 Å². The van der Waals surface area contributed by atoms with E-state index in [2.05, 4.69) is 0 Å². The highest BCUT2D eigenvalue weighted by atomic mass is 32.2. The summed E-state index contributed by atoms with van der Waals surface area (Å²) in [7, 11) is -3.91. The molecule has 0 amide bonds. The average molecular weight is 346 g/mol. The quantitative estimate of drug-likeness (QED) is 0.924. The van der Waals surface area contributed by atoms with E-state index in [4.69, 9.17) is 5.26 Å². The zero-order valence-electron chi connectivity index (χ0n) is 12.6. The number of sulfonamides is 1. The van der Waals surface area contributed by atoms with Gasteiger partial charge in [0.05, 0.1) is 28.7 Å². The third-order valence-corrected chi connectivity index (χ3v) is 5.91. The van der Waals surface area contributed by atoms with Crippen molar-refractivity contribution in [2.24, 2.45) is 0 Å². The number of hydrogen-bond donors (Lipinski definition) is 1. The first-order valence-corrected chi connectivity index (χ1v) is 8.81. The molecule has 0 saturated carbocycles. The molecule has 3 rings (SSSR count). The van der Waals surface area contributed by atoms with Crippen LogP contribution in [0.2, 0.25) is 0 Å². The summed E-state index contributed by atoms with van der Waals surface area (Å²) in [6.07, 6.45) is -0.632. The zero-order chi connectivity index (χ0) is 17.3. The van der Waals surface area contributed by atoms with Gasteiger partial charge in [-0.2, -0.15) is 9.57 Å². The summed E-state index contributed by atoms with van der Waals surface area (Å²) in [5.74, 6) is -0.460. The maximum atomic E-state index is 13.5. The van der Waals surface area contributed by atoms with Gasteiger partial charge >= 0.3 is 0 Å². The number of benzene rings is 2. The largest absolute Gasteiger partial charge is 0.392 e. The minimum atomic E-state index is -3.91. The highest BCUT2D eigenvalue weighted by Crippen LogP contribution is 2.37. The molecule has 2 aromatic carbocycles. The SMILES string of the molecule is N#Cc1cccc(S(=O)(=O)N2CC(O)CC2c2cccc(F)c2)c1. The van der Waals surface area contributed by atoms with Gasteiger partial charge in [0.2, 0.25) is 10.0 Å². The smallest absolute Gasteiger partial charge is 0.243 e. The highest BCUT2D eigenvalue weighted by molar-refractivity contribution is 7.89. The molecule has 124 valence electrons. The van der Waals surface area contributed by atoms with Crippen molar-refractivity contribution in [1.82, 2.24) is 4.31 Å². The Morgan fingerprint density at radius 2 is 1.96 bits per heavy atom. The lowest BCUT2D eigenvalue weighted by atomic mass is 10.0. The highest BCUT2D eigenvalue weighted by Gasteiger charge is 2.40. The molecule has 1 heterocycles. The summed E-state index contributed by atoms with van der Waals surface area (Å²) in [5, 5.41) is 18.9. The number of hydrogen-bond acceptors (Lipinski definition) is 4. The minimum Gasteiger partial charge on any atom is -0.392 e. The Kier molecular flexibility index (Phi) is 4.37. The van der Waals surface area contributed by atoms with E-state index in [9.17, 15) is 17.9 Å². The van der Waals surface area contributed by atoms with Gasteiger partial charge in [-0.3, -0.25) is 0 Å². The van der Waals surface area contributed by atoms with Gasteiger partial charge in [0.15, 0.2) is 0 Å². The predicted octanol–water partition coefficient (Wildman–Crippen LogP) is 2.19. The molecular formula is C17H15FN2O3S.